The first-order valence-electron chi connectivity index (χ1n) is 8.69. The molecule has 4 N–H and O–H groups in total. The van der Waals surface area contributed by atoms with Gasteiger partial charge in [-0.1, -0.05) is 13.0 Å². The normalized spacial score (nSPS) is 11.8. The highest BCUT2D eigenvalue weighted by molar-refractivity contribution is 5.94. The largest absolute Gasteiger partial charge is 0.489 e. The molecule has 1 rings (SSSR count). The number of hydrogen-bond acceptors (Lipinski definition) is 7. The lowest BCUT2D eigenvalue weighted by atomic mass is 10.2. The lowest BCUT2D eigenvalue weighted by molar-refractivity contribution is -0.124. The van der Waals surface area contributed by atoms with Crippen LogP contribution in [-0.4, -0.2) is 64.5 Å². The lowest BCUT2D eigenvalue weighted by Gasteiger charge is -2.15. The number of nitrogens with two attached hydrogens (primary N) is 1. The van der Waals surface area contributed by atoms with Crippen molar-refractivity contribution in [3.8, 4) is 5.75 Å². The van der Waals surface area contributed by atoms with E-state index in [1.807, 2.05) is 7.05 Å². The Bertz CT molecular complexity index is 553. The molecule has 0 saturated heterocycles. The van der Waals surface area contributed by atoms with Crippen molar-refractivity contribution in [2.75, 3.05) is 46.6 Å². The zero-order valence-electron chi connectivity index (χ0n) is 15.5. The highest BCUT2D eigenvalue weighted by atomic mass is 16.6. The molecule has 1 unspecified atom stereocenters. The van der Waals surface area contributed by atoms with Crippen molar-refractivity contribution >= 4 is 11.7 Å². The second-order valence-corrected chi connectivity index (χ2v) is 5.55. The molecule has 1 aromatic rings. The maximum atomic E-state index is 12.0. The molecule has 8 heteroatoms. The molecule has 0 aromatic heterocycles. The summed E-state index contributed by atoms with van der Waals surface area (Å²) in [5, 5.41) is 5.76. The minimum atomic E-state index is -0.631. The van der Waals surface area contributed by atoms with E-state index in [-0.39, 0.29) is 31.5 Å². The topological polar surface area (TPSA) is 112 Å². The minimum Gasteiger partial charge on any atom is -0.489 e. The maximum Gasteiger partial charge on any atom is 0.251 e. The van der Waals surface area contributed by atoms with Crippen molar-refractivity contribution in [2.45, 2.75) is 19.6 Å². The van der Waals surface area contributed by atoms with E-state index in [4.69, 9.17) is 19.9 Å². The van der Waals surface area contributed by atoms with Crippen LogP contribution in [0.2, 0.25) is 0 Å². The number of carbonyl (C=O) groups is 2. The van der Waals surface area contributed by atoms with Crippen LogP contribution in [0.3, 0.4) is 0 Å². The second-order valence-electron chi connectivity index (χ2n) is 5.55. The molecule has 146 valence electrons. The second kappa shape index (κ2) is 13.2. The van der Waals surface area contributed by atoms with Crippen molar-refractivity contribution in [3.63, 3.8) is 0 Å². The summed E-state index contributed by atoms with van der Waals surface area (Å²) in [6, 6.07) is 6.86. The van der Waals surface area contributed by atoms with Gasteiger partial charge in [0.1, 0.15) is 25.2 Å². The Kier molecular flexibility index (Phi) is 11.2. The van der Waals surface area contributed by atoms with Gasteiger partial charge in [-0.3, -0.25) is 9.59 Å². The van der Waals surface area contributed by atoms with Crippen molar-refractivity contribution in [2.24, 2.45) is 5.73 Å². The Balaban J connectivity index is 2.28. The Labute approximate surface area is 154 Å². The van der Waals surface area contributed by atoms with E-state index in [0.717, 1.165) is 0 Å². The number of ketones is 1. The van der Waals surface area contributed by atoms with Gasteiger partial charge in [0.25, 0.3) is 5.91 Å². The summed E-state index contributed by atoms with van der Waals surface area (Å²) in [4.78, 5) is 23.1. The molecule has 0 saturated carbocycles. The smallest absolute Gasteiger partial charge is 0.251 e. The number of amides is 1. The first-order chi connectivity index (χ1) is 12.6. The molecule has 1 amide bonds. The molecule has 0 aliphatic carbocycles. The monoisotopic (exact) mass is 367 g/mol. The van der Waals surface area contributed by atoms with Crippen molar-refractivity contribution in [1.29, 1.82) is 0 Å². The zero-order chi connectivity index (χ0) is 19.2. The van der Waals surface area contributed by atoms with Gasteiger partial charge in [-0.05, 0) is 25.2 Å². The van der Waals surface area contributed by atoms with Crippen molar-refractivity contribution in [3.05, 3.63) is 29.8 Å². The average molecular weight is 367 g/mol. The van der Waals surface area contributed by atoms with Crippen LogP contribution in [0.4, 0.5) is 0 Å². The van der Waals surface area contributed by atoms with Crippen LogP contribution in [0.25, 0.3) is 0 Å². The summed E-state index contributed by atoms with van der Waals surface area (Å²) in [5.41, 5.74) is 6.33. The number of nitrogens with one attached hydrogen (secondary N) is 2. The molecule has 0 aliphatic rings. The summed E-state index contributed by atoms with van der Waals surface area (Å²) in [6.45, 7) is 3.83. The van der Waals surface area contributed by atoms with E-state index in [0.29, 0.717) is 37.4 Å². The van der Waals surface area contributed by atoms with Gasteiger partial charge in [0.15, 0.2) is 5.78 Å². The summed E-state index contributed by atoms with van der Waals surface area (Å²) in [6.07, 6.45) is -0.172. The molecular formula is C18H29N3O5. The van der Waals surface area contributed by atoms with Crippen molar-refractivity contribution in [1.82, 2.24) is 10.6 Å². The van der Waals surface area contributed by atoms with Gasteiger partial charge >= 0.3 is 0 Å². The number of ether oxygens (including phenoxy) is 3. The van der Waals surface area contributed by atoms with E-state index in [1.54, 1.807) is 31.2 Å². The molecular weight excluding hydrogens is 338 g/mol. The molecule has 0 heterocycles. The Morgan fingerprint density at radius 3 is 2.77 bits per heavy atom. The lowest BCUT2D eigenvalue weighted by Crippen LogP contribution is -2.32. The van der Waals surface area contributed by atoms with Gasteiger partial charge in [-0.2, -0.15) is 0 Å². The first-order valence-corrected chi connectivity index (χ1v) is 8.69. The fourth-order valence-corrected chi connectivity index (χ4v) is 1.90. The Morgan fingerprint density at radius 2 is 2.04 bits per heavy atom. The SMILES string of the molecule is CCC(=O)COCCOC(N)COc1cccc(C(=O)NCCNC)c1. The number of likely N-dealkylation sites (N-methyl/N-ethyl adjacent to an activating group) is 1. The maximum absolute atomic E-state index is 12.0. The van der Waals surface area contributed by atoms with Gasteiger partial charge in [-0.15, -0.1) is 0 Å². The molecule has 0 fully saturated rings. The van der Waals surface area contributed by atoms with Gasteiger partial charge in [-0.25, -0.2) is 0 Å². The van der Waals surface area contributed by atoms with Crippen LogP contribution < -0.4 is 21.1 Å². The number of benzene rings is 1. The van der Waals surface area contributed by atoms with E-state index >= 15 is 0 Å². The van der Waals surface area contributed by atoms with Crippen LogP contribution in [0.15, 0.2) is 24.3 Å². The standard InChI is InChI=1S/C18H29N3O5/c1-3-15(22)12-24-9-10-25-17(19)13-26-16-6-4-5-14(11-16)18(23)21-8-7-20-2/h4-6,11,17,20H,3,7-10,12-13,19H2,1-2H3,(H,21,23). The summed E-state index contributed by atoms with van der Waals surface area (Å²) in [7, 11) is 1.82. The third kappa shape index (κ3) is 9.47. The predicted octanol–water partition coefficient (Wildman–Crippen LogP) is 0.312. The molecule has 0 bridgehead atoms. The summed E-state index contributed by atoms with van der Waals surface area (Å²) < 4.78 is 16.1. The fraction of sp³-hybridized carbons (Fsp3) is 0.556. The Hall–Kier alpha value is -2.00. The van der Waals surface area contributed by atoms with Gasteiger partial charge in [0.2, 0.25) is 0 Å². The van der Waals surface area contributed by atoms with Crippen molar-refractivity contribution < 1.29 is 23.8 Å². The Morgan fingerprint density at radius 1 is 1.23 bits per heavy atom. The molecule has 1 atom stereocenters. The van der Waals surface area contributed by atoms with Crippen LogP contribution in [0.5, 0.6) is 5.75 Å². The van der Waals surface area contributed by atoms with Gasteiger partial charge in [0.05, 0.1) is 13.2 Å². The minimum absolute atomic E-state index is 0.0486. The fourth-order valence-electron chi connectivity index (χ4n) is 1.90. The van der Waals surface area contributed by atoms with E-state index in [9.17, 15) is 9.59 Å². The number of hydrogen-bond donors (Lipinski definition) is 3. The molecule has 8 nitrogen and oxygen atoms in total. The third-order valence-electron chi connectivity index (χ3n) is 3.39. The predicted molar refractivity (Wildman–Crippen MR) is 98.2 cm³/mol. The van der Waals surface area contributed by atoms with Crippen LogP contribution in [-0.2, 0) is 14.3 Å². The van der Waals surface area contributed by atoms with Crippen LogP contribution >= 0.6 is 0 Å². The van der Waals surface area contributed by atoms with E-state index in [2.05, 4.69) is 10.6 Å². The quantitative estimate of drug-likeness (QED) is 0.320. The number of carbonyl (C=O) groups excluding carboxylic acids is 2. The van der Waals surface area contributed by atoms with Gasteiger partial charge < -0.3 is 30.6 Å². The molecule has 0 radical (unpaired) electrons. The number of Topliss-reactive ketones (excluding diaryl/α,β-unsaturated/α-hetero) is 1. The number of rotatable bonds is 14. The third-order valence-corrected chi connectivity index (χ3v) is 3.39. The highest BCUT2D eigenvalue weighted by Crippen LogP contribution is 2.13. The summed E-state index contributed by atoms with van der Waals surface area (Å²) >= 11 is 0. The molecule has 0 aliphatic heterocycles. The van der Waals surface area contributed by atoms with Crippen LogP contribution in [0.1, 0.15) is 23.7 Å². The first kappa shape index (κ1) is 22.0. The summed E-state index contributed by atoms with van der Waals surface area (Å²) in [5.74, 6) is 0.424. The van der Waals surface area contributed by atoms with Gasteiger partial charge in [0, 0.05) is 25.1 Å². The van der Waals surface area contributed by atoms with E-state index in [1.165, 1.54) is 0 Å². The average Bonchev–Trinajstić information content (AvgIpc) is 2.66. The molecule has 0 spiro atoms. The molecule has 26 heavy (non-hydrogen) atoms. The molecule has 1 aromatic carbocycles. The van der Waals surface area contributed by atoms with E-state index < -0.39 is 6.23 Å². The van der Waals surface area contributed by atoms with Crippen LogP contribution in [0, 0.1) is 0 Å². The zero-order valence-corrected chi connectivity index (χ0v) is 15.5. The highest BCUT2D eigenvalue weighted by Gasteiger charge is 2.08.